The lowest BCUT2D eigenvalue weighted by Crippen LogP contribution is -2.23. The molecule has 0 aliphatic heterocycles. The SMILES string of the molecule is CCOc1cc(/C=N/NC(=O)c2ccc(COc3ccc(-n4c(C)ccc4C)cc3)o2)cc(Cl)c1O[C@@H](C)C(=O)O. The van der Waals surface area contributed by atoms with Crippen LogP contribution in [-0.4, -0.2) is 40.5 Å². The maximum atomic E-state index is 12.5. The number of carbonyl (C=O) groups is 2. The van der Waals surface area contributed by atoms with Crippen LogP contribution in [0.25, 0.3) is 5.69 Å². The Morgan fingerprint density at radius 2 is 1.78 bits per heavy atom. The summed E-state index contributed by atoms with van der Waals surface area (Å²) < 4.78 is 24.6. The van der Waals surface area contributed by atoms with Gasteiger partial charge in [0.2, 0.25) is 0 Å². The van der Waals surface area contributed by atoms with Gasteiger partial charge in [0.25, 0.3) is 0 Å². The summed E-state index contributed by atoms with van der Waals surface area (Å²) in [7, 11) is 0. The standard InChI is InChI=1S/C30H30ClN3O7/c1-5-38-27-15-21(14-25(31)28(27)40-20(4)30(36)37)16-32-33-29(35)26-13-12-24(41-26)17-39-23-10-8-22(9-11-23)34-18(2)6-7-19(34)3/h6-16,20H,5,17H2,1-4H3,(H,33,35)(H,36,37)/b32-16+/t20-/m0/s1. The summed E-state index contributed by atoms with van der Waals surface area (Å²) in [4.78, 5) is 23.7. The largest absolute Gasteiger partial charge is 0.490 e. The van der Waals surface area contributed by atoms with Gasteiger partial charge in [-0.15, -0.1) is 0 Å². The highest BCUT2D eigenvalue weighted by atomic mass is 35.5. The molecule has 214 valence electrons. The molecule has 0 radical (unpaired) electrons. The van der Waals surface area contributed by atoms with Gasteiger partial charge in [-0.2, -0.15) is 5.10 Å². The van der Waals surface area contributed by atoms with Crippen LogP contribution in [0.15, 0.2) is 70.2 Å². The van der Waals surface area contributed by atoms with Crippen molar-refractivity contribution >= 4 is 29.7 Å². The Morgan fingerprint density at radius 3 is 2.44 bits per heavy atom. The zero-order valence-electron chi connectivity index (χ0n) is 23.0. The number of aliphatic carboxylic acids is 1. The number of hydrazone groups is 1. The maximum Gasteiger partial charge on any atom is 0.344 e. The average Bonchev–Trinajstić information content (AvgIpc) is 3.55. The van der Waals surface area contributed by atoms with Crippen molar-refractivity contribution in [3.8, 4) is 22.9 Å². The number of carbonyl (C=O) groups excluding carboxylic acids is 1. The first kappa shape index (κ1) is 29.3. The molecule has 1 amide bonds. The number of nitrogens with one attached hydrogen (secondary N) is 1. The van der Waals surface area contributed by atoms with E-state index in [0.29, 0.717) is 23.7 Å². The molecule has 11 heteroatoms. The second-order valence-electron chi connectivity index (χ2n) is 9.06. The lowest BCUT2D eigenvalue weighted by atomic mass is 10.2. The van der Waals surface area contributed by atoms with E-state index in [9.17, 15) is 9.59 Å². The first-order valence-electron chi connectivity index (χ1n) is 12.8. The number of benzene rings is 2. The topological polar surface area (TPSA) is 125 Å². The summed E-state index contributed by atoms with van der Waals surface area (Å²) >= 11 is 6.30. The first-order valence-corrected chi connectivity index (χ1v) is 13.2. The van der Waals surface area contributed by atoms with Crippen molar-refractivity contribution in [3.63, 3.8) is 0 Å². The quantitative estimate of drug-likeness (QED) is 0.157. The van der Waals surface area contributed by atoms with Crippen molar-refractivity contribution in [3.05, 3.63) is 94.2 Å². The minimum Gasteiger partial charge on any atom is -0.490 e. The molecule has 10 nitrogen and oxygen atoms in total. The van der Waals surface area contributed by atoms with Gasteiger partial charge in [-0.3, -0.25) is 4.79 Å². The number of rotatable bonds is 12. The van der Waals surface area contributed by atoms with Gasteiger partial charge >= 0.3 is 11.9 Å². The van der Waals surface area contributed by atoms with Crippen LogP contribution in [0, 0.1) is 13.8 Å². The normalized spacial score (nSPS) is 11.8. The number of aryl methyl sites for hydroxylation is 2. The van der Waals surface area contributed by atoms with Gasteiger partial charge < -0.3 is 28.3 Å². The highest BCUT2D eigenvalue weighted by Gasteiger charge is 2.19. The molecule has 0 saturated heterocycles. The van der Waals surface area contributed by atoms with E-state index in [0.717, 1.165) is 17.1 Å². The fourth-order valence-electron chi connectivity index (χ4n) is 3.99. The molecule has 2 aromatic carbocycles. The Bertz CT molecular complexity index is 1540. The number of carboxylic acids is 1. The minimum atomic E-state index is -1.14. The molecule has 2 N–H and O–H groups in total. The smallest absolute Gasteiger partial charge is 0.344 e. The van der Waals surface area contributed by atoms with Crippen molar-refractivity contribution in [1.82, 2.24) is 9.99 Å². The van der Waals surface area contributed by atoms with E-state index in [-0.39, 0.29) is 28.9 Å². The molecule has 4 aromatic rings. The van der Waals surface area contributed by atoms with Gasteiger partial charge in [0.1, 0.15) is 18.1 Å². The monoisotopic (exact) mass is 579 g/mol. The Balaban J connectivity index is 1.34. The van der Waals surface area contributed by atoms with Crippen LogP contribution in [0.3, 0.4) is 0 Å². The molecule has 2 heterocycles. The third-order valence-electron chi connectivity index (χ3n) is 5.99. The van der Waals surface area contributed by atoms with Crippen molar-refractivity contribution in [2.45, 2.75) is 40.4 Å². The predicted molar refractivity (Wildman–Crippen MR) is 154 cm³/mol. The lowest BCUT2D eigenvalue weighted by molar-refractivity contribution is -0.144. The highest BCUT2D eigenvalue weighted by molar-refractivity contribution is 6.32. The third kappa shape index (κ3) is 7.29. The Hall–Kier alpha value is -4.70. The van der Waals surface area contributed by atoms with Crippen LogP contribution in [0.1, 0.15) is 47.1 Å². The van der Waals surface area contributed by atoms with E-state index in [1.807, 2.05) is 24.3 Å². The lowest BCUT2D eigenvalue weighted by Gasteiger charge is -2.16. The van der Waals surface area contributed by atoms with Crippen LogP contribution in [0.5, 0.6) is 17.2 Å². The molecule has 0 bridgehead atoms. The van der Waals surface area contributed by atoms with Crippen molar-refractivity contribution in [2.75, 3.05) is 6.61 Å². The van der Waals surface area contributed by atoms with Gasteiger partial charge in [0.05, 0.1) is 17.8 Å². The van der Waals surface area contributed by atoms with Crippen molar-refractivity contribution in [2.24, 2.45) is 5.10 Å². The van der Waals surface area contributed by atoms with E-state index < -0.39 is 18.0 Å². The Morgan fingerprint density at radius 1 is 1.07 bits per heavy atom. The number of aromatic nitrogens is 1. The van der Waals surface area contributed by atoms with Crippen LogP contribution >= 0.6 is 11.6 Å². The molecule has 0 fully saturated rings. The zero-order valence-corrected chi connectivity index (χ0v) is 23.8. The molecule has 0 unspecified atom stereocenters. The number of hydrogen-bond acceptors (Lipinski definition) is 7. The molecule has 0 aliphatic rings. The van der Waals surface area contributed by atoms with Crippen LogP contribution < -0.4 is 19.6 Å². The van der Waals surface area contributed by atoms with E-state index in [2.05, 4.69) is 41.1 Å². The predicted octanol–water partition coefficient (Wildman–Crippen LogP) is 5.93. The highest BCUT2D eigenvalue weighted by Crippen LogP contribution is 2.37. The van der Waals surface area contributed by atoms with Gasteiger partial charge in [0.15, 0.2) is 23.4 Å². The van der Waals surface area contributed by atoms with Gasteiger partial charge in [-0.25, -0.2) is 10.2 Å². The number of furan rings is 1. The number of hydrogen-bond donors (Lipinski definition) is 2. The summed E-state index contributed by atoms with van der Waals surface area (Å²) in [5.41, 5.74) is 6.24. The molecule has 2 aromatic heterocycles. The molecule has 0 saturated carbocycles. The number of amides is 1. The van der Waals surface area contributed by atoms with Gasteiger partial charge in [-0.05, 0) is 93.9 Å². The summed E-state index contributed by atoms with van der Waals surface area (Å²) in [5.74, 6) is -0.133. The number of ether oxygens (including phenoxy) is 3. The molecular weight excluding hydrogens is 550 g/mol. The second-order valence-corrected chi connectivity index (χ2v) is 9.47. The van der Waals surface area contributed by atoms with E-state index >= 15 is 0 Å². The fourth-order valence-corrected chi connectivity index (χ4v) is 4.25. The van der Waals surface area contributed by atoms with Crippen molar-refractivity contribution < 1.29 is 33.3 Å². The minimum absolute atomic E-state index is 0.0640. The maximum absolute atomic E-state index is 12.5. The molecule has 0 aliphatic carbocycles. The summed E-state index contributed by atoms with van der Waals surface area (Å²) in [6.07, 6.45) is 0.239. The third-order valence-corrected chi connectivity index (χ3v) is 6.27. The number of halogens is 1. The van der Waals surface area contributed by atoms with E-state index in [4.69, 9.17) is 35.3 Å². The molecule has 0 spiro atoms. The molecule has 41 heavy (non-hydrogen) atoms. The summed E-state index contributed by atoms with van der Waals surface area (Å²) in [6, 6.07) is 18.2. The van der Waals surface area contributed by atoms with Gasteiger partial charge in [-0.1, -0.05) is 11.6 Å². The summed E-state index contributed by atoms with van der Waals surface area (Å²) in [6.45, 7) is 7.71. The summed E-state index contributed by atoms with van der Waals surface area (Å²) in [5, 5.41) is 13.2. The van der Waals surface area contributed by atoms with Crippen LogP contribution in [-0.2, 0) is 11.4 Å². The Kier molecular flexibility index (Phi) is 9.36. The van der Waals surface area contributed by atoms with Crippen LogP contribution in [0.4, 0.5) is 0 Å². The van der Waals surface area contributed by atoms with Crippen LogP contribution in [0.2, 0.25) is 5.02 Å². The second kappa shape index (κ2) is 13.1. The molecular formula is C30H30ClN3O7. The average molecular weight is 580 g/mol. The van der Waals surface area contributed by atoms with E-state index in [1.165, 1.54) is 25.3 Å². The molecule has 1 atom stereocenters. The van der Waals surface area contributed by atoms with Gasteiger partial charge in [0, 0.05) is 17.1 Å². The fraction of sp³-hybridized carbons (Fsp3) is 0.233. The van der Waals surface area contributed by atoms with E-state index in [1.54, 1.807) is 19.1 Å². The number of carboxylic acid groups (broad SMARTS) is 1. The zero-order chi connectivity index (χ0) is 29.5. The number of nitrogens with zero attached hydrogens (tertiary/aromatic N) is 2. The molecule has 4 rings (SSSR count). The Labute approximate surface area is 242 Å². The van der Waals surface area contributed by atoms with Crippen molar-refractivity contribution in [1.29, 1.82) is 0 Å². The first-order chi connectivity index (χ1) is 19.7.